The van der Waals surface area contributed by atoms with Gasteiger partial charge in [-0.25, -0.2) is 8.42 Å². The average Bonchev–Trinajstić information content (AvgIpc) is 2.52. The molecular formula is C17H27N3O3S. The maximum absolute atomic E-state index is 13.0. The van der Waals surface area contributed by atoms with E-state index < -0.39 is 16.1 Å². The first-order chi connectivity index (χ1) is 11.2. The van der Waals surface area contributed by atoms with E-state index in [1.807, 2.05) is 33.0 Å². The van der Waals surface area contributed by atoms with Crippen LogP contribution in [0.4, 0.5) is 5.69 Å². The number of carbonyl (C=O) groups excluding carboxylic acids is 1. The molecule has 0 bridgehead atoms. The molecule has 24 heavy (non-hydrogen) atoms. The molecule has 7 heteroatoms. The van der Waals surface area contributed by atoms with Crippen LogP contribution in [0.25, 0.3) is 0 Å². The van der Waals surface area contributed by atoms with Crippen molar-refractivity contribution in [2.24, 2.45) is 0 Å². The molecule has 1 aliphatic rings. The highest BCUT2D eigenvalue weighted by atomic mass is 32.2. The Kier molecular flexibility index (Phi) is 5.87. The van der Waals surface area contributed by atoms with Crippen LogP contribution in [0.1, 0.15) is 18.9 Å². The van der Waals surface area contributed by atoms with Crippen molar-refractivity contribution in [2.45, 2.75) is 26.3 Å². The van der Waals surface area contributed by atoms with Crippen LogP contribution < -0.4 is 4.31 Å². The third-order valence-electron chi connectivity index (χ3n) is 4.42. The van der Waals surface area contributed by atoms with Gasteiger partial charge in [0.2, 0.25) is 15.9 Å². The van der Waals surface area contributed by atoms with Crippen LogP contribution in [0.5, 0.6) is 0 Å². The SMILES string of the molecule is CCC(C(=O)N1CCN(C)CC1)N(c1ccc(C)cc1)S(C)(=O)=O. The number of hydrogen-bond donors (Lipinski definition) is 0. The number of nitrogens with zero attached hydrogens (tertiary/aromatic N) is 3. The summed E-state index contributed by atoms with van der Waals surface area (Å²) >= 11 is 0. The predicted octanol–water partition coefficient (Wildman–Crippen LogP) is 1.31. The van der Waals surface area contributed by atoms with Crippen LogP contribution in [0.15, 0.2) is 24.3 Å². The fourth-order valence-corrected chi connectivity index (χ4v) is 4.18. The van der Waals surface area contributed by atoms with Gasteiger partial charge in [-0.2, -0.15) is 0 Å². The van der Waals surface area contributed by atoms with Crippen LogP contribution in [-0.2, 0) is 14.8 Å². The second-order valence-electron chi connectivity index (χ2n) is 6.45. The number of benzene rings is 1. The molecule has 2 rings (SSSR count). The van der Waals surface area contributed by atoms with Gasteiger partial charge in [0.1, 0.15) is 6.04 Å². The summed E-state index contributed by atoms with van der Waals surface area (Å²) in [5.74, 6) is -0.114. The molecule has 1 fully saturated rings. The third kappa shape index (κ3) is 4.27. The Labute approximate surface area is 145 Å². The summed E-state index contributed by atoms with van der Waals surface area (Å²) in [6.07, 6.45) is 1.60. The minimum Gasteiger partial charge on any atom is -0.338 e. The number of likely N-dealkylation sites (N-methyl/N-ethyl adjacent to an activating group) is 1. The summed E-state index contributed by atoms with van der Waals surface area (Å²) in [7, 11) is -1.54. The Bertz CT molecular complexity index is 665. The molecule has 1 unspecified atom stereocenters. The summed E-state index contributed by atoms with van der Waals surface area (Å²) in [6, 6.07) is 6.54. The first kappa shape index (κ1) is 18.7. The molecule has 6 nitrogen and oxygen atoms in total. The molecule has 0 aromatic heterocycles. The Balaban J connectivity index is 2.32. The van der Waals surface area contributed by atoms with E-state index in [2.05, 4.69) is 4.90 Å². The van der Waals surface area contributed by atoms with Crippen molar-refractivity contribution in [1.82, 2.24) is 9.80 Å². The highest BCUT2D eigenvalue weighted by molar-refractivity contribution is 7.92. The van der Waals surface area contributed by atoms with Crippen LogP contribution in [-0.4, -0.2) is 69.6 Å². The average molecular weight is 353 g/mol. The van der Waals surface area contributed by atoms with E-state index in [1.54, 1.807) is 17.0 Å². The summed E-state index contributed by atoms with van der Waals surface area (Å²) in [5.41, 5.74) is 1.59. The van der Waals surface area contributed by atoms with E-state index in [0.717, 1.165) is 24.9 Å². The minimum absolute atomic E-state index is 0.114. The van der Waals surface area contributed by atoms with Gasteiger partial charge in [-0.05, 0) is 32.5 Å². The van der Waals surface area contributed by atoms with Gasteiger partial charge in [-0.3, -0.25) is 9.10 Å². The van der Waals surface area contributed by atoms with Gasteiger partial charge < -0.3 is 9.80 Å². The van der Waals surface area contributed by atoms with Gasteiger partial charge >= 0.3 is 0 Å². The largest absolute Gasteiger partial charge is 0.338 e. The van der Waals surface area contributed by atoms with E-state index in [9.17, 15) is 13.2 Å². The standard InChI is InChI=1S/C17H27N3O3S/c1-5-16(17(21)19-12-10-18(3)11-13-19)20(24(4,22)23)15-8-6-14(2)7-9-15/h6-9,16H,5,10-13H2,1-4H3. The lowest BCUT2D eigenvalue weighted by molar-refractivity contribution is -0.134. The number of amides is 1. The molecular weight excluding hydrogens is 326 g/mol. The molecule has 134 valence electrons. The lowest BCUT2D eigenvalue weighted by Gasteiger charge is -2.37. The third-order valence-corrected chi connectivity index (χ3v) is 5.60. The minimum atomic E-state index is -3.56. The van der Waals surface area contributed by atoms with Gasteiger partial charge in [0.05, 0.1) is 11.9 Å². The summed E-state index contributed by atoms with van der Waals surface area (Å²) in [4.78, 5) is 16.9. The van der Waals surface area contributed by atoms with Crippen molar-refractivity contribution in [1.29, 1.82) is 0 Å². The Morgan fingerprint density at radius 3 is 2.17 bits per heavy atom. The lowest BCUT2D eigenvalue weighted by atomic mass is 10.1. The maximum Gasteiger partial charge on any atom is 0.246 e. The molecule has 1 saturated heterocycles. The number of rotatable bonds is 5. The van der Waals surface area contributed by atoms with Gasteiger partial charge in [-0.1, -0.05) is 24.6 Å². The fourth-order valence-electron chi connectivity index (χ4n) is 2.97. The zero-order valence-corrected chi connectivity index (χ0v) is 15.7. The number of hydrogen-bond acceptors (Lipinski definition) is 4. The number of sulfonamides is 1. The molecule has 1 aromatic carbocycles. The topological polar surface area (TPSA) is 60.9 Å². The maximum atomic E-state index is 13.0. The Morgan fingerprint density at radius 2 is 1.71 bits per heavy atom. The van der Waals surface area contributed by atoms with Crippen molar-refractivity contribution in [3.8, 4) is 0 Å². The number of piperazine rings is 1. The molecule has 0 aliphatic carbocycles. The van der Waals surface area contributed by atoms with Crippen molar-refractivity contribution < 1.29 is 13.2 Å². The van der Waals surface area contributed by atoms with Crippen LogP contribution in [0, 0.1) is 6.92 Å². The zero-order valence-electron chi connectivity index (χ0n) is 14.9. The Morgan fingerprint density at radius 1 is 1.17 bits per heavy atom. The zero-order chi connectivity index (χ0) is 17.9. The van der Waals surface area contributed by atoms with Crippen LogP contribution in [0.3, 0.4) is 0 Å². The number of aryl methyl sites for hydroxylation is 1. The fraction of sp³-hybridized carbons (Fsp3) is 0.588. The second kappa shape index (κ2) is 7.53. The van der Waals surface area contributed by atoms with Gasteiger partial charge in [0.25, 0.3) is 0 Å². The lowest BCUT2D eigenvalue weighted by Crippen LogP contribution is -2.55. The first-order valence-electron chi connectivity index (χ1n) is 8.27. The number of carbonyl (C=O) groups is 1. The summed E-state index contributed by atoms with van der Waals surface area (Å²) < 4.78 is 26.1. The summed E-state index contributed by atoms with van der Waals surface area (Å²) in [5, 5.41) is 0. The smallest absolute Gasteiger partial charge is 0.246 e. The van der Waals surface area contributed by atoms with Gasteiger partial charge in [-0.15, -0.1) is 0 Å². The van der Waals surface area contributed by atoms with Gasteiger partial charge in [0.15, 0.2) is 0 Å². The molecule has 0 radical (unpaired) electrons. The Hall–Kier alpha value is -1.60. The van der Waals surface area contributed by atoms with Crippen LogP contribution >= 0.6 is 0 Å². The highest BCUT2D eigenvalue weighted by Gasteiger charge is 2.34. The van der Waals surface area contributed by atoms with E-state index in [-0.39, 0.29) is 5.91 Å². The molecule has 0 N–H and O–H groups in total. The van der Waals surface area contributed by atoms with Crippen LogP contribution in [0.2, 0.25) is 0 Å². The van der Waals surface area contributed by atoms with E-state index in [0.29, 0.717) is 25.2 Å². The van der Waals surface area contributed by atoms with E-state index in [1.165, 1.54) is 4.31 Å². The molecule has 1 aromatic rings. The highest BCUT2D eigenvalue weighted by Crippen LogP contribution is 2.24. The first-order valence-corrected chi connectivity index (χ1v) is 10.1. The van der Waals surface area contributed by atoms with Crippen molar-refractivity contribution >= 4 is 21.6 Å². The van der Waals surface area contributed by atoms with E-state index in [4.69, 9.17) is 0 Å². The quantitative estimate of drug-likeness (QED) is 0.801. The van der Waals surface area contributed by atoms with Gasteiger partial charge in [0, 0.05) is 26.2 Å². The number of anilines is 1. The monoisotopic (exact) mass is 353 g/mol. The van der Waals surface area contributed by atoms with Crippen molar-refractivity contribution in [2.75, 3.05) is 43.8 Å². The molecule has 1 aliphatic heterocycles. The molecule has 0 spiro atoms. The summed E-state index contributed by atoms with van der Waals surface area (Å²) in [6.45, 7) is 6.69. The predicted molar refractivity (Wildman–Crippen MR) is 96.7 cm³/mol. The molecule has 1 amide bonds. The van der Waals surface area contributed by atoms with Crippen molar-refractivity contribution in [3.05, 3.63) is 29.8 Å². The normalized spacial score (nSPS) is 17.6. The van der Waals surface area contributed by atoms with E-state index >= 15 is 0 Å². The van der Waals surface area contributed by atoms with Crippen molar-refractivity contribution in [3.63, 3.8) is 0 Å². The second-order valence-corrected chi connectivity index (χ2v) is 8.31. The molecule has 1 atom stereocenters. The molecule has 1 heterocycles. The molecule has 0 saturated carbocycles.